The van der Waals surface area contributed by atoms with Gasteiger partial charge in [-0.25, -0.2) is 19.3 Å². The van der Waals surface area contributed by atoms with E-state index in [-0.39, 0.29) is 17.9 Å². The lowest BCUT2D eigenvalue weighted by atomic mass is 10.1. The van der Waals surface area contributed by atoms with Gasteiger partial charge in [-0.2, -0.15) is 0 Å². The predicted octanol–water partition coefficient (Wildman–Crippen LogP) is 3.48. The highest BCUT2D eigenvalue weighted by atomic mass is 35.5. The summed E-state index contributed by atoms with van der Waals surface area (Å²) in [4.78, 5) is 24.7. The van der Waals surface area contributed by atoms with Crippen molar-refractivity contribution in [3.05, 3.63) is 35.0 Å². The van der Waals surface area contributed by atoms with Gasteiger partial charge in [-0.15, -0.1) is 0 Å². The summed E-state index contributed by atoms with van der Waals surface area (Å²) in [7, 11) is 0. The van der Waals surface area contributed by atoms with Crippen molar-refractivity contribution in [3.63, 3.8) is 0 Å². The number of amides is 1. The fraction of sp³-hybridized carbons (Fsp3) is 0.368. The molecule has 4 rings (SSSR count). The van der Waals surface area contributed by atoms with Crippen LogP contribution >= 0.6 is 11.6 Å². The molecule has 28 heavy (non-hydrogen) atoms. The minimum atomic E-state index is -0.436. The van der Waals surface area contributed by atoms with E-state index in [1.54, 1.807) is 0 Å². The molecule has 2 aromatic heterocycles. The van der Waals surface area contributed by atoms with Crippen LogP contribution in [0.3, 0.4) is 0 Å². The Morgan fingerprint density at radius 3 is 2.82 bits per heavy atom. The Labute approximate surface area is 166 Å². The van der Waals surface area contributed by atoms with Crippen molar-refractivity contribution in [2.45, 2.75) is 39.3 Å². The van der Waals surface area contributed by atoms with Crippen LogP contribution in [0.5, 0.6) is 0 Å². The van der Waals surface area contributed by atoms with Crippen LogP contribution < -0.4 is 10.6 Å². The van der Waals surface area contributed by atoms with Crippen LogP contribution in [-0.2, 0) is 4.79 Å². The van der Waals surface area contributed by atoms with Crippen LogP contribution in [0.2, 0.25) is 5.02 Å². The summed E-state index contributed by atoms with van der Waals surface area (Å²) in [5.41, 5.74) is 1.92. The lowest BCUT2D eigenvalue weighted by molar-refractivity contribution is -0.119. The minimum absolute atomic E-state index is 0.0936. The van der Waals surface area contributed by atoms with Crippen LogP contribution in [0.15, 0.2) is 18.3 Å². The summed E-state index contributed by atoms with van der Waals surface area (Å²) in [6, 6.07) is 2.94. The number of anilines is 1. The van der Waals surface area contributed by atoms with Crippen LogP contribution in [0.4, 0.5) is 10.3 Å². The summed E-state index contributed by atoms with van der Waals surface area (Å²) in [6.45, 7) is 6.50. The van der Waals surface area contributed by atoms with Gasteiger partial charge in [0, 0.05) is 18.2 Å². The lowest BCUT2D eigenvalue weighted by Gasteiger charge is -2.13. The van der Waals surface area contributed by atoms with Gasteiger partial charge in [-0.05, 0) is 39.3 Å². The standard InChI is InChI=1S/C19H20ClFN6O/c1-9(2)27-10(3)24-17-13(21)6-11(7-15(17)27)16-12(20)8-23-19(26-16)25-14-4-5-22-18(14)28/h6-9,14H,4-5H2,1-3H3,(H,22,28)(H,23,25,26)/t14-/m1/s1. The molecule has 3 heterocycles. The van der Waals surface area contributed by atoms with Crippen LogP contribution in [0.1, 0.15) is 32.1 Å². The van der Waals surface area contributed by atoms with E-state index in [0.29, 0.717) is 40.3 Å². The monoisotopic (exact) mass is 402 g/mol. The summed E-state index contributed by atoms with van der Waals surface area (Å²) in [6.07, 6.45) is 2.10. The van der Waals surface area contributed by atoms with E-state index in [1.165, 1.54) is 12.3 Å². The first kappa shape index (κ1) is 18.6. The first-order valence-corrected chi connectivity index (χ1v) is 9.48. The number of fused-ring (bicyclic) bond motifs is 1. The van der Waals surface area contributed by atoms with Crippen molar-refractivity contribution in [2.75, 3.05) is 11.9 Å². The molecule has 1 atom stereocenters. The molecule has 0 radical (unpaired) electrons. The Balaban J connectivity index is 1.80. The van der Waals surface area contributed by atoms with Gasteiger partial charge < -0.3 is 15.2 Å². The zero-order valence-electron chi connectivity index (χ0n) is 15.8. The van der Waals surface area contributed by atoms with E-state index in [2.05, 4.69) is 25.6 Å². The predicted molar refractivity (Wildman–Crippen MR) is 106 cm³/mol. The largest absolute Gasteiger partial charge is 0.354 e. The second-order valence-electron chi connectivity index (χ2n) is 7.12. The Hall–Kier alpha value is -2.74. The number of nitrogens with one attached hydrogen (secondary N) is 2. The van der Waals surface area contributed by atoms with Crippen LogP contribution in [-0.4, -0.2) is 38.0 Å². The van der Waals surface area contributed by atoms with E-state index in [1.807, 2.05) is 31.4 Å². The minimum Gasteiger partial charge on any atom is -0.354 e. The molecule has 1 aliphatic heterocycles. The lowest BCUT2D eigenvalue weighted by Crippen LogP contribution is -2.30. The van der Waals surface area contributed by atoms with E-state index in [9.17, 15) is 9.18 Å². The Morgan fingerprint density at radius 2 is 2.14 bits per heavy atom. The highest BCUT2D eigenvalue weighted by Gasteiger charge is 2.25. The van der Waals surface area contributed by atoms with Crippen molar-refractivity contribution in [1.29, 1.82) is 0 Å². The molecule has 7 nitrogen and oxygen atoms in total. The molecule has 0 saturated carbocycles. The first-order valence-electron chi connectivity index (χ1n) is 9.10. The van der Waals surface area contributed by atoms with Gasteiger partial charge in [0.25, 0.3) is 0 Å². The Kier molecular flexibility index (Phi) is 4.66. The maximum atomic E-state index is 14.8. The number of carbonyl (C=O) groups excluding carboxylic acids is 1. The highest BCUT2D eigenvalue weighted by Crippen LogP contribution is 2.32. The number of aryl methyl sites for hydroxylation is 1. The number of rotatable bonds is 4. The van der Waals surface area contributed by atoms with E-state index >= 15 is 0 Å². The molecule has 9 heteroatoms. The van der Waals surface area contributed by atoms with Gasteiger partial charge >= 0.3 is 0 Å². The maximum Gasteiger partial charge on any atom is 0.242 e. The summed E-state index contributed by atoms with van der Waals surface area (Å²) < 4.78 is 16.7. The molecule has 1 fully saturated rings. The molecule has 0 unspecified atom stereocenters. The molecule has 0 aliphatic carbocycles. The highest BCUT2D eigenvalue weighted by molar-refractivity contribution is 6.33. The fourth-order valence-corrected chi connectivity index (χ4v) is 3.78. The maximum absolute atomic E-state index is 14.8. The summed E-state index contributed by atoms with van der Waals surface area (Å²) in [5.74, 6) is 0.484. The molecule has 146 valence electrons. The molecule has 0 bridgehead atoms. The number of nitrogens with zero attached hydrogens (tertiary/aromatic N) is 4. The SMILES string of the molecule is Cc1nc2c(F)cc(-c3nc(N[C@@H]4CCNC4=O)ncc3Cl)cc2n1C(C)C. The van der Waals surface area contributed by atoms with Gasteiger partial charge in [0.05, 0.1) is 22.4 Å². The van der Waals surface area contributed by atoms with Gasteiger partial charge in [-0.1, -0.05) is 11.6 Å². The molecule has 1 saturated heterocycles. The number of carbonyl (C=O) groups is 1. The molecule has 3 aromatic rings. The molecule has 2 N–H and O–H groups in total. The summed E-state index contributed by atoms with van der Waals surface area (Å²) in [5, 5.41) is 6.06. The Morgan fingerprint density at radius 1 is 1.36 bits per heavy atom. The number of benzene rings is 1. The number of aromatic nitrogens is 4. The second kappa shape index (κ2) is 7.01. The molecule has 1 aliphatic rings. The van der Waals surface area contributed by atoms with Gasteiger partial charge in [0.1, 0.15) is 17.4 Å². The average Bonchev–Trinajstić information content (AvgIpc) is 3.19. The quantitative estimate of drug-likeness (QED) is 0.698. The molecular weight excluding hydrogens is 383 g/mol. The molecular formula is C19H20ClFN6O. The number of imidazole rings is 1. The van der Waals surface area contributed by atoms with E-state index in [4.69, 9.17) is 11.6 Å². The molecule has 1 amide bonds. The summed E-state index contributed by atoms with van der Waals surface area (Å²) >= 11 is 6.31. The first-order chi connectivity index (χ1) is 13.3. The zero-order valence-corrected chi connectivity index (χ0v) is 16.5. The van der Waals surface area contributed by atoms with E-state index in [0.717, 1.165) is 5.82 Å². The van der Waals surface area contributed by atoms with Gasteiger partial charge in [-0.3, -0.25) is 4.79 Å². The third-order valence-corrected chi connectivity index (χ3v) is 5.09. The van der Waals surface area contributed by atoms with Crippen molar-refractivity contribution < 1.29 is 9.18 Å². The zero-order chi connectivity index (χ0) is 20.0. The number of hydrogen-bond donors (Lipinski definition) is 2. The number of halogens is 2. The molecule has 1 aromatic carbocycles. The van der Waals surface area contributed by atoms with E-state index < -0.39 is 11.9 Å². The van der Waals surface area contributed by atoms with Crippen LogP contribution in [0.25, 0.3) is 22.3 Å². The van der Waals surface area contributed by atoms with Crippen molar-refractivity contribution in [2.24, 2.45) is 0 Å². The van der Waals surface area contributed by atoms with Gasteiger partial charge in [0.2, 0.25) is 11.9 Å². The average molecular weight is 403 g/mol. The number of hydrogen-bond acceptors (Lipinski definition) is 5. The normalized spacial score (nSPS) is 16.8. The third-order valence-electron chi connectivity index (χ3n) is 4.81. The second-order valence-corrected chi connectivity index (χ2v) is 7.52. The smallest absolute Gasteiger partial charge is 0.242 e. The fourth-order valence-electron chi connectivity index (χ4n) is 3.58. The molecule has 0 spiro atoms. The van der Waals surface area contributed by atoms with Gasteiger partial charge in [0.15, 0.2) is 5.82 Å². The third kappa shape index (κ3) is 3.17. The van der Waals surface area contributed by atoms with Crippen molar-refractivity contribution in [3.8, 4) is 11.3 Å². The van der Waals surface area contributed by atoms with Crippen molar-refractivity contribution in [1.82, 2.24) is 24.8 Å². The van der Waals surface area contributed by atoms with Crippen LogP contribution in [0, 0.1) is 12.7 Å². The Bertz CT molecular complexity index is 1080. The van der Waals surface area contributed by atoms with Crippen molar-refractivity contribution >= 4 is 34.5 Å². The topological polar surface area (TPSA) is 84.7 Å².